The molecule has 1 aromatic heterocycles. The van der Waals surface area contributed by atoms with Crippen molar-refractivity contribution in [1.29, 1.82) is 0 Å². The summed E-state index contributed by atoms with van der Waals surface area (Å²) in [7, 11) is 0. The van der Waals surface area contributed by atoms with Gasteiger partial charge in [0, 0.05) is 12.6 Å². The Kier molecular flexibility index (Phi) is 1.46. The lowest BCUT2D eigenvalue weighted by Crippen LogP contribution is -2.34. The molecule has 2 heterocycles. The normalized spacial score (nSPS) is 27.8. The molecule has 0 fully saturated rings. The third-order valence-corrected chi connectivity index (χ3v) is 2.37. The van der Waals surface area contributed by atoms with Crippen molar-refractivity contribution in [2.75, 3.05) is 5.32 Å². The van der Waals surface area contributed by atoms with Crippen molar-refractivity contribution >= 4 is 5.95 Å². The monoisotopic (exact) mass is 168 g/mol. The largest absolute Gasteiger partial charge is 0.363 e. The fourth-order valence-electron chi connectivity index (χ4n) is 1.38. The minimum Gasteiger partial charge on any atom is -0.352 e. The highest BCUT2D eigenvalue weighted by atomic mass is 16.1. The lowest BCUT2D eigenvalue weighted by atomic mass is 10.0. The summed E-state index contributed by atoms with van der Waals surface area (Å²) >= 11 is 0. The first-order valence-electron chi connectivity index (χ1n) is 4.10. The Hall–Kier alpha value is -1.26. The fraction of sp³-hybridized carbons (Fsp3) is 0.714. The number of hydrogen-bond acceptors (Lipinski definition) is 3. The molecule has 0 amide bonds. The zero-order chi connectivity index (χ0) is 8.72. The molecule has 0 spiro atoms. The Morgan fingerprint density at radius 1 is 1.58 bits per heavy atom. The molecule has 1 aliphatic rings. The lowest BCUT2D eigenvalue weighted by Gasteiger charge is -2.27. The average molecular weight is 168 g/mol. The molecule has 5 heteroatoms. The van der Waals surface area contributed by atoms with Gasteiger partial charge in [-0.25, -0.2) is 9.89 Å². The molecule has 0 radical (unpaired) electrons. The Morgan fingerprint density at radius 3 is 3.08 bits per heavy atom. The van der Waals surface area contributed by atoms with E-state index in [1.54, 1.807) is 4.68 Å². The third kappa shape index (κ3) is 1.01. The van der Waals surface area contributed by atoms with E-state index >= 15 is 0 Å². The number of H-pyrrole nitrogens is 1. The van der Waals surface area contributed by atoms with Crippen LogP contribution in [0.25, 0.3) is 0 Å². The van der Waals surface area contributed by atoms with Crippen LogP contribution in [0.5, 0.6) is 0 Å². The number of nitrogens with zero attached hydrogens (tertiary/aromatic N) is 2. The van der Waals surface area contributed by atoms with Crippen molar-refractivity contribution < 1.29 is 0 Å². The minimum absolute atomic E-state index is 0.279. The van der Waals surface area contributed by atoms with Crippen LogP contribution in [-0.4, -0.2) is 20.8 Å². The van der Waals surface area contributed by atoms with E-state index in [0.717, 1.165) is 6.54 Å². The van der Waals surface area contributed by atoms with Gasteiger partial charge in [-0.2, -0.15) is 4.98 Å². The smallest absolute Gasteiger partial charge is 0.352 e. The Balaban J connectivity index is 2.39. The summed E-state index contributed by atoms with van der Waals surface area (Å²) in [6, 6.07) is 0.382. The Bertz CT molecular complexity index is 309. The molecule has 1 aliphatic heterocycles. The molecule has 0 bridgehead atoms. The van der Waals surface area contributed by atoms with Gasteiger partial charge in [0.15, 0.2) is 0 Å². The Morgan fingerprint density at radius 2 is 2.33 bits per heavy atom. The van der Waals surface area contributed by atoms with Gasteiger partial charge in [-0.1, -0.05) is 6.92 Å². The van der Waals surface area contributed by atoms with Crippen LogP contribution in [0.3, 0.4) is 0 Å². The van der Waals surface area contributed by atoms with Crippen molar-refractivity contribution in [2.45, 2.75) is 26.4 Å². The predicted molar refractivity (Wildman–Crippen MR) is 45.1 cm³/mol. The summed E-state index contributed by atoms with van der Waals surface area (Å²) in [5, 5.41) is 5.79. The van der Waals surface area contributed by atoms with E-state index in [-0.39, 0.29) is 5.69 Å². The van der Waals surface area contributed by atoms with Crippen molar-refractivity contribution in [2.24, 2.45) is 5.92 Å². The van der Waals surface area contributed by atoms with E-state index in [1.165, 1.54) is 0 Å². The van der Waals surface area contributed by atoms with Crippen LogP contribution in [0.2, 0.25) is 0 Å². The quantitative estimate of drug-likeness (QED) is 0.574. The van der Waals surface area contributed by atoms with Crippen molar-refractivity contribution in [1.82, 2.24) is 14.8 Å². The number of fused-ring (bicyclic) bond motifs is 1. The van der Waals surface area contributed by atoms with E-state index in [4.69, 9.17) is 0 Å². The van der Waals surface area contributed by atoms with Gasteiger partial charge >= 0.3 is 5.69 Å². The summed E-state index contributed by atoms with van der Waals surface area (Å²) in [4.78, 5) is 14.6. The van der Waals surface area contributed by atoms with Gasteiger partial charge in [0.05, 0.1) is 0 Å². The molecule has 0 saturated carbocycles. The van der Waals surface area contributed by atoms with Crippen LogP contribution in [0.4, 0.5) is 5.95 Å². The second-order valence-electron chi connectivity index (χ2n) is 3.37. The molecule has 2 unspecified atom stereocenters. The van der Waals surface area contributed by atoms with Gasteiger partial charge in [-0.05, 0) is 12.8 Å². The van der Waals surface area contributed by atoms with E-state index in [0.29, 0.717) is 17.9 Å². The molecule has 1 aromatic rings. The highest BCUT2D eigenvalue weighted by molar-refractivity contribution is 5.27. The van der Waals surface area contributed by atoms with E-state index in [1.807, 2.05) is 0 Å². The molecule has 2 atom stereocenters. The van der Waals surface area contributed by atoms with Gasteiger partial charge in [0.2, 0.25) is 5.95 Å². The molecular weight excluding hydrogens is 156 g/mol. The van der Waals surface area contributed by atoms with Gasteiger partial charge in [-0.3, -0.25) is 4.68 Å². The highest BCUT2D eigenvalue weighted by Crippen LogP contribution is 2.17. The van der Waals surface area contributed by atoms with Crippen molar-refractivity contribution in [3.8, 4) is 0 Å². The maximum atomic E-state index is 10.8. The van der Waals surface area contributed by atoms with Gasteiger partial charge in [0.1, 0.15) is 0 Å². The highest BCUT2D eigenvalue weighted by Gasteiger charge is 2.22. The van der Waals surface area contributed by atoms with Gasteiger partial charge < -0.3 is 5.32 Å². The van der Waals surface area contributed by atoms with Crippen molar-refractivity contribution in [3.63, 3.8) is 0 Å². The van der Waals surface area contributed by atoms with Crippen LogP contribution in [-0.2, 0) is 6.54 Å². The molecule has 12 heavy (non-hydrogen) atoms. The molecule has 2 N–H and O–H groups in total. The SMILES string of the molecule is CC1Cn2[nH]c(=O)nc2NC1C. The molecule has 5 nitrogen and oxygen atoms in total. The van der Waals surface area contributed by atoms with E-state index in [9.17, 15) is 4.79 Å². The van der Waals surface area contributed by atoms with E-state index in [2.05, 4.69) is 29.2 Å². The standard InChI is InChI=1S/C7H12N4O/c1-4-3-11-6(8-5(4)2)9-7(12)10-11/h4-5H,3H2,1-2H3,(H2,8,9,10,12). The number of hydrogen-bond donors (Lipinski definition) is 2. The number of anilines is 1. The summed E-state index contributed by atoms with van der Waals surface area (Å²) in [6.07, 6.45) is 0. The lowest BCUT2D eigenvalue weighted by molar-refractivity contribution is 0.382. The molecule has 0 aliphatic carbocycles. The van der Waals surface area contributed by atoms with Crippen LogP contribution < -0.4 is 11.0 Å². The number of aromatic amines is 1. The second-order valence-corrected chi connectivity index (χ2v) is 3.37. The average Bonchev–Trinajstić information content (AvgIpc) is 2.30. The first-order valence-corrected chi connectivity index (χ1v) is 4.10. The summed E-state index contributed by atoms with van der Waals surface area (Å²) in [6.45, 7) is 5.06. The molecule has 0 saturated heterocycles. The van der Waals surface area contributed by atoms with Crippen LogP contribution in [0.15, 0.2) is 4.79 Å². The van der Waals surface area contributed by atoms with Crippen molar-refractivity contribution in [3.05, 3.63) is 10.5 Å². The fourth-order valence-corrected chi connectivity index (χ4v) is 1.38. The Labute approximate surface area is 69.8 Å². The summed E-state index contributed by atoms with van der Waals surface area (Å²) < 4.78 is 1.76. The molecular formula is C7H12N4O. The maximum absolute atomic E-state index is 10.8. The number of nitrogens with one attached hydrogen (secondary N) is 2. The molecule has 2 rings (SSSR count). The first-order chi connectivity index (χ1) is 5.66. The molecule has 66 valence electrons. The van der Waals surface area contributed by atoms with Gasteiger partial charge in [-0.15, -0.1) is 0 Å². The molecule has 0 aromatic carbocycles. The summed E-state index contributed by atoms with van der Waals surface area (Å²) in [5.41, 5.74) is -0.279. The first kappa shape index (κ1) is 7.39. The van der Waals surface area contributed by atoms with Crippen LogP contribution in [0.1, 0.15) is 13.8 Å². The number of rotatable bonds is 0. The van der Waals surface area contributed by atoms with E-state index < -0.39 is 0 Å². The zero-order valence-corrected chi connectivity index (χ0v) is 7.16. The van der Waals surface area contributed by atoms with Crippen LogP contribution in [0, 0.1) is 5.92 Å². The second kappa shape index (κ2) is 2.36. The topological polar surface area (TPSA) is 62.7 Å². The third-order valence-electron chi connectivity index (χ3n) is 2.37. The van der Waals surface area contributed by atoms with Gasteiger partial charge in [0.25, 0.3) is 0 Å². The summed E-state index contributed by atoms with van der Waals surface area (Å²) in [5.74, 6) is 1.17. The minimum atomic E-state index is -0.279. The predicted octanol–water partition coefficient (Wildman–Crippen LogP) is 0.0215. The zero-order valence-electron chi connectivity index (χ0n) is 7.16. The number of aromatic nitrogens is 3. The van der Waals surface area contributed by atoms with Crippen LogP contribution >= 0.6 is 0 Å². The maximum Gasteiger partial charge on any atom is 0.363 e.